The summed E-state index contributed by atoms with van der Waals surface area (Å²) in [5, 5.41) is 4.92. The number of nitrogens with zero attached hydrogens (tertiary/aromatic N) is 1. The molecule has 2 fully saturated rings. The van der Waals surface area contributed by atoms with E-state index in [4.69, 9.17) is 4.74 Å². The Labute approximate surface area is 129 Å². The molecule has 2 unspecified atom stereocenters. The fourth-order valence-corrected chi connectivity index (χ4v) is 4.29. The van der Waals surface area contributed by atoms with Crippen LogP contribution in [0.4, 0.5) is 0 Å². The van der Waals surface area contributed by atoms with Gasteiger partial charge in [0.05, 0.1) is 6.61 Å². The highest BCUT2D eigenvalue weighted by molar-refractivity contribution is 7.99. The number of hydrogen-bond acceptors (Lipinski definition) is 5. The number of carbonyl (C=O) groups excluding carboxylic acids is 1. The van der Waals surface area contributed by atoms with Crippen molar-refractivity contribution in [1.29, 1.82) is 0 Å². The number of ether oxygens (including phenoxy) is 1. The molecular formula is C15H23N3O2S. The zero-order chi connectivity index (χ0) is 14.7. The van der Waals surface area contributed by atoms with Crippen molar-refractivity contribution in [1.82, 2.24) is 15.3 Å². The molecule has 0 aliphatic heterocycles. The fourth-order valence-electron chi connectivity index (χ4n) is 3.06. The average molecular weight is 309 g/mol. The molecule has 2 N–H and O–H groups in total. The molecule has 0 radical (unpaired) electrons. The number of rotatable bonds is 6. The predicted molar refractivity (Wildman–Crippen MR) is 82.2 cm³/mol. The molecule has 0 aromatic carbocycles. The molecular weight excluding hydrogens is 286 g/mol. The van der Waals surface area contributed by atoms with Crippen molar-refractivity contribution in [3.8, 4) is 0 Å². The number of thioether (sulfide) groups is 1. The fraction of sp³-hybridized carbons (Fsp3) is 0.733. The summed E-state index contributed by atoms with van der Waals surface area (Å²) in [6.45, 7) is 2.32. The second-order valence-electron chi connectivity index (χ2n) is 5.95. The smallest absolute Gasteiger partial charge is 0.326 e. The number of carbonyl (C=O) groups is 1. The number of aromatic amines is 1. The molecule has 2 aliphatic rings. The van der Waals surface area contributed by atoms with Gasteiger partial charge >= 0.3 is 5.97 Å². The van der Waals surface area contributed by atoms with Gasteiger partial charge in [-0.1, -0.05) is 11.8 Å². The van der Waals surface area contributed by atoms with Gasteiger partial charge in [-0.3, -0.25) is 10.1 Å². The normalized spacial score (nSPS) is 29.3. The van der Waals surface area contributed by atoms with Gasteiger partial charge < -0.3 is 9.72 Å². The SMILES string of the molecule is CCOC(=O)C1(NC2CC2)CCCC(Sc2ncc[nH]2)C1. The molecule has 1 aromatic rings. The highest BCUT2D eigenvalue weighted by Crippen LogP contribution is 2.39. The maximum atomic E-state index is 12.5. The van der Waals surface area contributed by atoms with Gasteiger partial charge in [-0.05, 0) is 45.4 Å². The number of esters is 1. The monoisotopic (exact) mass is 309 g/mol. The molecule has 2 atom stereocenters. The summed E-state index contributed by atoms with van der Waals surface area (Å²) >= 11 is 1.74. The number of H-pyrrole nitrogens is 1. The number of aromatic nitrogens is 2. The largest absolute Gasteiger partial charge is 0.465 e. The molecule has 3 rings (SSSR count). The molecule has 0 spiro atoms. The van der Waals surface area contributed by atoms with Gasteiger partial charge in [-0.2, -0.15) is 0 Å². The standard InChI is InChI=1S/C15H23N3O2S/c1-2-20-13(19)15(18-11-5-6-11)7-3-4-12(10-15)21-14-16-8-9-17-14/h8-9,11-12,18H,2-7,10H2,1H3,(H,16,17). The lowest BCUT2D eigenvalue weighted by Crippen LogP contribution is -2.57. The molecule has 1 heterocycles. The Morgan fingerprint density at radius 1 is 1.57 bits per heavy atom. The van der Waals surface area contributed by atoms with Gasteiger partial charge in [-0.15, -0.1) is 0 Å². The maximum Gasteiger partial charge on any atom is 0.326 e. The van der Waals surface area contributed by atoms with Crippen LogP contribution in [-0.2, 0) is 9.53 Å². The van der Waals surface area contributed by atoms with E-state index in [2.05, 4.69) is 15.3 Å². The maximum absolute atomic E-state index is 12.5. The van der Waals surface area contributed by atoms with E-state index in [0.29, 0.717) is 17.9 Å². The summed E-state index contributed by atoms with van der Waals surface area (Å²) in [5.74, 6) is -0.0679. The average Bonchev–Trinajstić information content (AvgIpc) is 3.13. The Hall–Kier alpha value is -1.01. The van der Waals surface area contributed by atoms with Crippen LogP contribution in [0, 0.1) is 0 Å². The topological polar surface area (TPSA) is 67.0 Å². The van der Waals surface area contributed by atoms with Crippen LogP contribution in [0.25, 0.3) is 0 Å². The first-order chi connectivity index (χ1) is 10.2. The van der Waals surface area contributed by atoms with Crippen molar-refractivity contribution in [2.45, 2.75) is 67.4 Å². The molecule has 2 aliphatic carbocycles. The van der Waals surface area contributed by atoms with Crippen LogP contribution in [0.1, 0.15) is 45.4 Å². The lowest BCUT2D eigenvalue weighted by atomic mass is 9.81. The Morgan fingerprint density at radius 2 is 2.43 bits per heavy atom. The Bertz CT molecular complexity index is 475. The summed E-state index contributed by atoms with van der Waals surface area (Å²) in [7, 11) is 0. The third kappa shape index (κ3) is 3.61. The summed E-state index contributed by atoms with van der Waals surface area (Å²) in [4.78, 5) is 19.9. The van der Waals surface area contributed by atoms with E-state index in [1.807, 2.05) is 13.1 Å². The zero-order valence-corrected chi connectivity index (χ0v) is 13.2. The number of hydrogen-bond donors (Lipinski definition) is 2. The van der Waals surface area contributed by atoms with Gasteiger partial charge in [0.15, 0.2) is 5.16 Å². The van der Waals surface area contributed by atoms with Crippen LogP contribution in [0.5, 0.6) is 0 Å². The van der Waals surface area contributed by atoms with Crippen molar-refractivity contribution >= 4 is 17.7 Å². The summed E-state index contributed by atoms with van der Waals surface area (Å²) < 4.78 is 5.36. The molecule has 0 amide bonds. The first-order valence-corrected chi connectivity index (χ1v) is 8.71. The van der Waals surface area contributed by atoms with Crippen LogP contribution in [0.3, 0.4) is 0 Å². The van der Waals surface area contributed by atoms with E-state index < -0.39 is 5.54 Å². The second kappa shape index (κ2) is 6.40. The van der Waals surface area contributed by atoms with Crippen molar-refractivity contribution in [3.63, 3.8) is 0 Å². The molecule has 5 nitrogen and oxygen atoms in total. The lowest BCUT2D eigenvalue weighted by Gasteiger charge is -2.39. The van der Waals surface area contributed by atoms with Crippen LogP contribution in [0.15, 0.2) is 17.6 Å². The molecule has 6 heteroatoms. The first-order valence-electron chi connectivity index (χ1n) is 7.83. The third-order valence-electron chi connectivity index (χ3n) is 4.18. The van der Waals surface area contributed by atoms with Crippen LogP contribution in [0.2, 0.25) is 0 Å². The predicted octanol–water partition coefficient (Wildman–Crippen LogP) is 2.50. The molecule has 116 valence electrons. The van der Waals surface area contributed by atoms with Crippen LogP contribution < -0.4 is 5.32 Å². The first kappa shape index (κ1) is 14.9. The Balaban J connectivity index is 1.70. The van der Waals surface area contributed by atoms with E-state index in [9.17, 15) is 4.79 Å². The van der Waals surface area contributed by atoms with E-state index >= 15 is 0 Å². The minimum atomic E-state index is -0.486. The summed E-state index contributed by atoms with van der Waals surface area (Å²) in [6, 6.07) is 0.502. The van der Waals surface area contributed by atoms with Crippen LogP contribution >= 0.6 is 11.8 Å². The van der Waals surface area contributed by atoms with E-state index in [1.165, 1.54) is 12.8 Å². The van der Waals surface area contributed by atoms with Crippen molar-refractivity contribution in [2.24, 2.45) is 0 Å². The number of imidazole rings is 1. The lowest BCUT2D eigenvalue weighted by molar-refractivity contribution is -0.152. The van der Waals surface area contributed by atoms with E-state index in [1.54, 1.807) is 18.0 Å². The minimum absolute atomic E-state index is 0.0679. The van der Waals surface area contributed by atoms with Crippen LogP contribution in [-0.4, -0.2) is 39.4 Å². The van der Waals surface area contributed by atoms with Crippen molar-refractivity contribution < 1.29 is 9.53 Å². The number of nitrogens with one attached hydrogen (secondary N) is 2. The Kier molecular flexibility index (Phi) is 4.54. The van der Waals surface area contributed by atoms with Gasteiger partial charge in [-0.25, -0.2) is 4.98 Å². The van der Waals surface area contributed by atoms with Crippen molar-refractivity contribution in [2.75, 3.05) is 6.61 Å². The van der Waals surface area contributed by atoms with Gasteiger partial charge in [0.2, 0.25) is 0 Å². The molecule has 0 bridgehead atoms. The minimum Gasteiger partial charge on any atom is -0.465 e. The quantitative estimate of drug-likeness (QED) is 0.790. The third-order valence-corrected chi connectivity index (χ3v) is 5.36. The Morgan fingerprint density at radius 3 is 3.10 bits per heavy atom. The van der Waals surface area contributed by atoms with E-state index in [-0.39, 0.29) is 5.97 Å². The summed E-state index contributed by atoms with van der Waals surface area (Å²) in [6.07, 6.45) is 9.85. The van der Waals surface area contributed by atoms with Gasteiger partial charge in [0.1, 0.15) is 5.54 Å². The molecule has 0 saturated heterocycles. The highest BCUT2D eigenvalue weighted by atomic mass is 32.2. The van der Waals surface area contributed by atoms with Crippen molar-refractivity contribution in [3.05, 3.63) is 12.4 Å². The summed E-state index contributed by atoms with van der Waals surface area (Å²) in [5.41, 5.74) is -0.486. The van der Waals surface area contributed by atoms with Gasteiger partial charge in [0, 0.05) is 23.7 Å². The molecule has 21 heavy (non-hydrogen) atoms. The molecule has 1 aromatic heterocycles. The highest BCUT2D eigenvalue weighted by Gasteiger charge is 2.47. The van der Waals surface area contributed by atoms with Gasteiger partial charge in [0.25, 0.3) is 0 Å². The zero-order valence-electron chi connectivity index (χ0n) is 12.4. The molecule has 2 saturated carbocycles. The second-order valence-corrected chi connectivity index (χ2v) is 7.24. The van der Waals surface area contributed by atoms with E-state index in [0.717, 1.165) is 30.8 Å².